The Balaban J connectivity index is 1.31. The molecule has 4 rings (SSSR count). The van der Waals surface area contributed by atoms with E-state index in [1.165, 1.54) is 16.4 Å². The number of amides is 1. The fourth-order valence-electron chi connectivity index (χ4n) is 4.31. The fraction of sp³-hybridized carbons (Fsp3) is 0.375. The molecular formula is C24H27FN2O3S. The van der Waals surface area contributed by atoms with Gasteiger partial charge in [-0.25, -0.2) is 17.1 Å². The van der Waals surface area contributed by atoms with Gasteiger partial charge in [-0.05, 0) is 48.1 Å². The van der Waals surface area contributed by atoms with Crippen LogP contribution >= 0.6 is 0 Å². The molecule has 31 heavy (non-hydrogen) atoms. The molecule has 2 aromatic carbocycles. The van der Waals surface area contributed by atoms with Gasteiger partial charge in [0.2, 0.25) is 15.9 Å². The Morgan fingerprint density at radius 3 is 2.26 bits per heavy atom. The van der Waals surface area contributed by atoms with Gasteiger partial charge in [0.05, 0.1) is 5.75 Å². The molecule has 2 aliphatic rings. The highest BCUT2D eigenvalue weighted by molar-refractivity contribution is 7.88. The summed E-state index contributed by atoms with van der Waals surface area (Å²) in [5, 5.41) is 0. The third-order valence-corrected chi connectivity index (χ3v) is 7.97. The molecule has 1 amide bonds. The molecule has 0 bridgehead atoms. The van der Waals surface area contributed by atoms with E-state index < -0.39 is 10.0 Å². The second kappa shape index (κ2) is 9.32. The van der Waals surface area contributed by atoms with Gasteiger partial charge in [0.1, 0.15) is 5.82 Å². The van der Waals surface area contributed by atoms with E-state index in [0.717, 1.165) is 23.1 Å². The van der Waals surface area contributed by atoms with Gasteiger partial charge in [-0.3, -0.25) is 4.79 Å². The number of sulfonamides is 1. The first-order valence-electron chi connectivity index (χ1n) is 10.7. The zero-order valence-electron chi connectivity index (χ0n) is 17.4. The van der Waals surface area contributed by atoms with Crippen LogP contribution in [0.5, 0.6) is 0 Å². The predicted molar refractivity (Wildman–Crippen MR) is 119 cm³/mol. The molecule has 0 spiro atoms. The first-order valence-corrected chi connectivity index (χ1v) is 12.3. The summed E-state index contributed by atoms with van der Waals surface area (Å²) in [5.74, 6) is -0.289. The predicted octanol–water partition coefficient (Wildman–Crippen LogP) is 3.68. The van der Waals surface area contributed by atoms with E-state index in [4.69, 9.17) is 0 Å². The third-order valence-electron chi connectivity index (χ3n) is 6.12. The van der Waals surface area contributed by atoms with Crippen molar-refractivity contribution < 1.29 is 17.6 Å². The maximum absolute atomic E-state index is 13.1. The molecule has 1 fully saturated rings. The Labute approximate surface area is 183 Å². The van der Waals surface area contributed by atoms with Crippen LogP contribution in [0.25, 0.3) is 5.57 Å². The van der Waals surface area contributed by atoms with E-state index in [1.807, 2.05) is 41.3 Å². The largest absolute Gasteiger partial charge is 0.338 e. The van der Waals surface area contributed by atoms with Crippen LogP contribution in [0.15, 0.2) is 60.7 Å². The molecule has 5 nitrogen and oxygen atoms in total. The van der Waals surface area contributed by atoms with Crippen molar-refractivity contribution in [2.45, 2.75) is 25.0 Å². The zero-order chi connectivity index (χ0) is 21.8. The van der Waals surface area contributed by atoms with Crippen LogP contribution in [0.3, 0.4) is 0 Å². The molecule has 0 saturated carbocycles. The van der Waals surface area contributed by atoms with Crippen LogP contribution in [0.1, 0.15) is 30.4 Å². The molecule has 2 aliphatic heterocycles. The molecule has 0 radical (unpaired) electrons. The summed E-state index contributed by atoms with van der Waals surface area (Å²) in [7, 11) is -3.38. The van der Waals surface area contributed by atoms with Crippen molar-refractivity contribution in [3.63, 3.8) is 0 Å². The van der Waals surface area contributed by atoms with E-state index in [-0.39, 0.29) is 23.4 Å². The summed E-state index contributed by atoms with van der Waals surface area (Å²) in [6, 6.07) is 15.6. The van der Waals surface area contributed by atoms with Crippen LogP contribution in [-0.2, 0) is 20.6 Å². The van der Waals surface area contributed by atoms with Crippen LogP contribution in [0.2, 0.25) is 0 Å². The van der Waals surface area contributed by atoms with Crippen molar-refractivity contribution in [3.8, 4) is 0 Å². The van der Waals surface area contributed by atoms with Gasteiger partial charge in [0.15, 0.2) is 0 Å². The second-order valence-electron chi connectivity index (χ2n) is 8.19. The molecule has 7 heteroatoms. The lowest BCUT2D eigenvalue weighted by Crippen LogP contribution is -2.45. The molecular weight excluding hydrogens is 415 g/mol. The minimum Gasteiger partial charge on any atom is -0.338 e. The van der Waals surface area contributed by atoms with Gasteiger partial charge in [0.25, 0.3) is 0 Å². The Morgan fingerprint density at radius 2 is 1.65 bits per heavy atom. The van der Waals surface area contributed by atoms with E-state index >= 15 is 0 Å². The second-order valence-corrected chi connectivity index (χ2v) is 10.2. The number of carbonyl (C=O) groups is 1. The molecule has 0 aliphatic carbocycles. The van der Waals surface area contributed by atoms with Crippen molar-refractivity contribution in [2.75, 3.05) is 26.2 Å². The van der Waals surface area contributed by atoms with Crippen molar-refractivity contribution in [2.24, 2.45) is 5.92 Å². The highest BCUT2D eigenvalue weighted by Crippen LogP contribution is 2.27. The highest BCUT2D eigenvalue weighted by Gasteiger charge is 2.33. The maximum atomic E-state index is 13.1. The summed E-state index contributed by atoms with van der Waals surface area (Å²) in [6.45, 7) is 1.94. The summed E-state index contributed by atoms with van der Waals surface area (Å²) >= 11 is 0. The Hall–Kier alpha value is -2.51. The SMILES string of the molecule is O=C(C1CCN(S(=O)(=O)Cc2ccccc2)CC1)N1CC=C(c2ccc(F)cc2)CC1. The molecule has 2 aromatic rings. The standard InChI is InChI=1S/C24H27FN2O3S/c25-23-8-6-20(7-9-23)21-10-14-26(15-11-21)24(28)22-12-16-27(17-13-22)31(29,30)18-19-4-2-1-3-5-19/h1-10,22H,11-18H2. The van der Waals surface area contributed by atoms with Crippen LogP contribution in [0.4, 0.5) is 4.39 Å². The fourth-order valence-corrected chi connectivity index (χ4v) is 5.87. The smallest absolute Gasteiger partial charge is 0.226 e. The van der Waals surface area contributed by atoms with Gasteiger partial charge in [-0.2, -0.15) is 0 Å². The van der Waals surface area contributed by atoms with E-state index in [1.54, 1.807) is 12.1 Å². The highest BCUT2D eigenvalue weighted by atomic mass is 32.2. The quantitative estimate of drug-likeness (QED) is 0.710. The molecule has 1 saturated heterocycles. The van der Waals surface area contributed by atoms with Crippen LogP contribution in [0, 0.1) is 11.7 Å². The average molecular weight is 443 g/mol. The van der Waals surface area contributed by atoms with Crippen molar-refractivity contribution in [3.05, 3.63) is 77.6 Å². The van der Waals surface area contributed by atoms with E-state index in [0.29, 0.717) is 39.0 Å². The number of piperidine rings is 1. The molecule has 2 heterocycles. The first kappa shape index (κ1) is 21.7. The number of benzene rings is 2. The van der Waals surface area contributed by atoms with Crippen LogP contribution in [-0.4, -0.2) is 49.7 Å². The lowest BCUT2D eigenvalue weighted by molar-refractivity contribution is -0.136. The summed E-state index contributed by atoms with van der Waals surface area (Å²) in [5.41, 5.74) is 2.90. The maximum Gasteiger partial charge on any atom is 0.226 e. The summed E-state index contributed by atoms with van der Waals surface area (Å²) in [6.07, 6.45) is 3.88. The lowest BCUT2D eigenvalue weighted by atomic mass is 9.94. The third kappa shape index (κ3) is 5.22. The number of hydrogen-bond acceptors (Lipinski definition) is 3. The van der Waals surface area contributed by atoms with Gasteiger partial charge in [-0.1, -0.05) is 48.5 Å². The van der Waals surface area contributed by atoms with Crippen molar-refractivity contribution in [1.29, 1.82) is 0 Å². The average Bonchev–Trinajstić information content (AvgIpc) is 2.80. The number of hydrogen-bond donors (Lipinski definition) is 0. The molecule has 164 valence electrons. The molecule has 0 N–H and O–H groups in total. The summed E-state index contributed by atoms with van der Waals surface area (Å²) < 4.78 is 40.1. The van der Waals surface area contributed by atoms with Crippen molar-refractivity contribution >= 4 is 21.5 Å². The molecule has 0 aromatic heterocycles. The number of nitrogens with zero attached hydrogens (tertiary/aromatic N) is 2. The Kier molecular flexibility index (Phi) is 6.53. The molecule has 0 unspecified atom stereocenters. The number of halogens is 1. The van der Waals surface area contributed by atoms with Crippen molar-refractivity contribution in [1.82, 2.24) is 9.21 Å². The van der Waals surface area contributed by atoms with Gasteiger partial charge in [-0.15, -0.1) is 0 Å². The van der Waals surface area contributed by atoms with Gasteiger partial charge >= 0.3 is 0 Å². The monoisotopic (exact) mass is 442 g/mol. The van der Waals surface area contributed by atoms with Crippen LogP contribution < -0.4 is 0 Å². The zero-order valence-corrected chi connectivity index (χ0v) is 18.2. The van der Waals surface area contributed by atoms with Gasteiger partial charge in [0, 0.05) is 32.1 Å². The lowest BCUT2D eigenvalue weighted by Gasteiger charge is -2.35. The summed E-state index contributed by atoms with van der Waals surface area (Å²) in [4.78, 5) is 14.8. The van der Waals surface area contributed by atoms with Gasteiger partial charge < -0.3 is 4.90 Å². The minimum atomic E-state index is -3.38. The topological polar surface area (TPSA) is 57.7 Å². The number of rotatable bonds is 5. The number of carbonyl (C=O) groups excluding carboxylic acids is 1. The Morgan fingerprint density at radius 1 is 0.968 bits per heavy atom. The molecule has 0 atom stereocenters. The Bertz CT molecular complexity index is 1040. The van der Waals surface area contributed by atoms with E-state index in [9.17, 15) is 17.6 Å². The minimum absolute atomic E-state index is 0.00443. The van der Waals surface area contributed by atoms with E-state index in [2.05, 4.69) is 0 Å². The first-order chi connectivity index (χ1) is 14.9. The normalized spacial score (nSPS) is 18.6.